The van der Waals surface area contributed by atoms with Crippen LogP contribution < -0.4 is 10.1 Å². The summed E-state index contributed by atoms with van der Waals surface area (Å²) in [6.45, 7) is 4.03. The number of nitrogens with one attached hydrogen (secondary N) is 1. The van der Waals surface area contributed by atoms with Gasteiger partial charge in [0, 0.05) is 11.3 Å². The molecule has 0 aliphatic rings. The topological polar surface area (TPSA) is 58.6 Å². The van der Waals surface area contributed by atoms with E-state index in [-0.39, 0.29) is 5.91 Å². The van der Waals surface area contributed by atoms with Crippen LogP contribution >= 0.6 is 0 Å². The average molecular weight is 285 g/mol. The van der Waals surface area contributed by atoms with Gasteiger partial charge in [-0.15, -0.1) is 0 Å². The first kappa shape index (κ1) is 15.1. The number of aliphatic hydroxyl groups excluding tert-OH is 1. The maximum absolute atomic E-state index is 12.4. The first-order chi connectivity index (χ1) is 10.1. The zero-order valence-electron chi connectivity index (χ0n) is 12.2. The number of para-hydroxylation sites is 2. The van der Waals surface area contributed by atoms with Crippen molar-refractivity contribution >= 4 is 11.6 Å². The van der Waals surface area contributed by atoms with Crippen molar-refractivity contribution in [3.05, 3.63) is 59.7 Å². The summed E-state index contributed by atoms with van der Waals surface area (Å²) < 4.78 is 5.46. The summed E-state index contributed by atoms with van der Waals surface area (Å²) in [6, 6.07) is 14.3. The Hall–Kier alpha value is -2.33. The van der Waals surface area contributed by atoms with Crippen LogP contribution in [-0.2, 0) is 0 Å². The van der Waals surface area contributed by atoms with Crippen LogP contribution in [0, 0.1) is 0 Å². The highest BCUT2D eigenvalue weighted by molar-refractivity contribution is 6.06. The molecule has 0 aliphatic carbocycles. The highest BCUT2D eigenvalue weighted by Gasteiger charge is 2.14. The molecule has 1 unspecified atom stereocenters. The molecule has 0 aromatic heterocycles. The lowest BCUT2D eigenvalue weighted by atomic mass is 10.1. The predicted octanol–water partition coefficient (Wildman–Crippen LogP) is 3.39. The van der Waals surface area contributed by atoms with Crippen LogP contribution in [0.25, 0.3) is 0 Å². The second-order valence-electron chi connectivity index (χ2n) is 4.65. The lowest BCUT2D eigenvalue weighted by Crippen LogP contribution is -2.15. The van der Waals surface area contributed by atoms with E-state index in [0.29, 0.717) is 29.2 Å². The number of amides is 1. The lowest BCUT2D eigenvalue weighted by Gasteiger charge is -2.14. The number of aliphatic hydroxyl groups is 1. The smallest absolute Gasteiger partial charge is 0.259 e. The van der Waals surface area contributed by atoms with Gasteiger partial charge in [-0.1, -0.05) is 30.3 Å². The van der Waals surface area contributed by atoms with Crippen LogP contribution in [0.1, 0.15) is 35.9 Å². The van der Waals surface area contributed by atoms with Crippen molar-refractivity contribution in [2.24, 2.45) is 0 Å². The molecule has 0 heterocycles. The molecule has 0 radical (unpaired) electrons. The van der Waals surface area contributed by atoms with E-state index in [0.717, 1.165) is 0 Å². The van der Waals surface area contributed by atoms with Crippen molar-refractivity contribution in [3.63, 3.8) is 0 Å². The number of benzene rings is 2. The highest BCUT2D eigenvalue weighted by Crippen LogP contribution is 2.24. The average Bonchev–Trinajstić information content (AvgIpc) is 2.48. The van der Waals surface area contributed by atoms with E-state index in [4.69, 9.17) is 4.74 Å². The summed E-state index contributed by atoms with van der Waals surface area (Å²) in [6.07, 6.45) is -0.649. The molecule has 21 heavy (non-hydrogen) atoms. The normalized spacial score (nSPS) is 11.8. The number of hydrogen-bond donors (Lipinski definition) is 2. The molecule has 0 aliphatic heterocycles. The van der Waals surface area contributed by atoms with Crippen molar-refractivity contribution in [3.8, 4) is 5.75 Å². The van der Waals surface area contributed by atoms with E-state index in [9.17, 15) is 9.90 Å². The molecule has 4 nitrogen and oxygen atoms in total. The fourth-order valence-electron chi connectivity index (χ4n) is 2.10. The molecular formula is C17H19NO3. The van der Waals surface area contributed by atoms with Crippen LogP contribution in [0.4, 0.5) is 5.69 Å². The quantitative estimate of drug-likeness (QED) is 0.885. The second-order valence-corrected chi connectivity index (χ2v) is 4.65. The van der Waals surface area contributed by atoms with Gasteiger partial charge in [-0.3, -0.25) is 4.79 Å². The third-order valence-electron chi connectivity index (χ3n) is 3.09. The van der Waals surface area contributed by atoms with Gasteiger partial charge >= 0.3 is 0 Å². The minimum Gasteiger partial charge on any atom is -0.493 e. The fourth-order valence-corrected chi connectivity index (χ4v) is 2.10. The number of hydrogen-bond acceptors (Lipinski definition) is 3. The number of anilines is 1. The van der Waals surface area contributed by atoms with E-state index in [1.807, 2.05) is 25.1 Å². The third kappa shape index (κ3) is 3.61. The van der Waals surface area contributed by atoms with E-state index in [2.05, 4.69) is 5.32 Å². The Bertz CT molecular complexity index is 623. The van der Waals surface area contributed by atoms with Crippen molar-refractivity contribution in [1.29, 1.82) is 0 Å². The van der Waals surface area contributed by atoms with Crippen LogP contribution in [0.2, 0.25) is 0 Å². The summed E-state index contributed by atoms with van der Waals surface area (Å²) in [5.74, 6) is 0.291. The van der Waals surface area contributed by atoms with E-state index in [1.165, 1.54) is 0 Å². The van der Waals surface area contributed by atoms with Gasteiger partial charge in [0.1, 0.15) is 5.75 Å². The second kappa shape index (κ2) is 6.90. The molecule has 1 amide bonds. The van der Waals surface area contributed by atoms with Gasteiger partial charge in [-0.2, -0.15) is 0 Å². The Labute approximate surface area is 124 Å². The maximum atomic E-state index is 12.4. The van der Waals surface area contributed by atoms with Gasteiger partial charge in [0.15, 0.2) is 0 Å². The molecule has 0 saturated carbocycles. The van der Waals surface area contributed by atoms with Gasteiger partial charge in [-0.05, 0) is 32.0 Å². The fraction of sp³-hybridized carbons (Fsp3) is 0.235. The predicted molar refractivity (Wildman–Crippen MR) is 82.6 cm³/mol. The molecule has 2 N–H and O–H groups in total. The molecule has 1 atom stereocenters. The summed E-state index contributed by atoms with van der Waals surface area (Å²) in [5.41, 5.74) is 1.75. The number of rotatable bonds is 5. The minimum absolute atomic E-state index is 0.257. The van der Waals surface area contributed by atoms with Gasteiger partial charge in [0.2, 0.25) is 0 Å². The molecule has 0 saturated heterocycles. The van der Waals surface area contributed by atoms with E-state index < -0.39 is 6.10 Å². The van der Waals surface area contributed by atoms with Crippen LogP contribution in [0.15, 0.2) is 48.5 Å². The Balaban J connectivity index is 2.27. The molecule has 2 rings (SSSR count). The zero-order chi connectivity index (χ0) is 15.2. The van der Waals surface area contributed by atoms with Crippen molar-refractivity contribution in [2.75, 3.05) is 11.9 Å². The zero-order valence-corrected chi connectivity index (χ0v) is 12.2. The molecule has 0 fully saturated rings. The van der Waals surface area contributed by atoms with Gasteiger partial charge in [0.05, 0.1) is 18.3 Å². The maximum Gasteiger partial charge on any atom is 0.259 e. The van der Waals surface area contributed by atoms with Gasteiger partial charge < -0.3 is 15.2 Å². The summed E-state index contributed by atoms with van der Waals surface area (Å²) >= 11 is 0. The van der Waals surface area contributed by atoms with E-state index in [1.54, 1.807) is 37.3 Å². The molecule has 2 aromatic carbocycles. The first-order valence-electron chi connectivity index (χ1n) is 6.93. The standard InChI is InChI=1S/C17H19NO3/c1-3-21-16-11-7-5-9-14(16)17(20)18-15-10-6-4-8-13(15)12(2)19/h4-12,19H,3H2,1-2H3,(H,18,20). The van der Waals surface area contributed by atoms with Gasteiger partial charge in [0.25, 0.3) is 5.91 Å². The summed E-state index contributed by atoms with van der Waals surface area (Å²) in [7, 11) is 0. The minimum atomic E-state index is -0.649. The summed E-state index contributed by atoms with van der Waals surface area (Å²) in [5, 5.41) is 12.6. The molecule has 0 spiro atoms. The largest absolute Gasteiger partial charge is 0.493 e. The number of carbonyl (C=O) groups excluding carboxylic acids is 1. The number of ether oxygens (including phenoxy) is 1. The highest BCUT2D eigenvalue weighted by atomic mass is 16.5. The van der Waals surface area contributed by atoms with Crippen molar-refractivity contribution < 1.29 is 14.6 Å². The monoisotopic (exact) mass is 285 g/mol. The van der Waals surface area contributed by atoms with Crippen LogP contribution in [0.5, 0.6) is 5.75 Å². The molecule has 2 aromatic rings. The van der Waals surface area contributed by atoms with Gasteiger partial charge in [-0.25, -0.2) is 0 Å². The van der Waals surface area contributed by atoms with Crippen LogP contribution in [-0.4, -0.2) is 17.6 Å². The molecule has 4 heteroatoms. The first-order valence-corrected chi connectivity index (χ1v) is 6.93. The molecule has 110 valence electrons. The molecular weight excluding hydrogens is 266 g/mol. The van der Waals surface area contributed by atoms with Crippen molar-refractivity contribution in [1.82, 2.24) is 0 Å². The lowest BCUT2D eigenvalue weighted by molar-refractivity contribution is 0.102. The van der Waals surface area contributed by atoms with Crippen molar-refractivity contribution in [2.45, 2.75) is 20.0 Å². The number of carbonyl (C=O) groups is 1. The van der Waals surface area contributed by atoms with E-state index >= 15 is 0 Å². The molecule has 0 bridgehead atoms. The van der Waals surface area contributed by atoms with Crippen LogP contribution in [0.3, 0.4) is 0 Å². The Morgan fingerprint density at radius 1 is 1.19 bits per heavy atom. The Morgan fingerprint density at radius 3 is 2.57 bits per heavy atom. The SMILES string of the molecule is CCOc1ccccc1C(=O)Nc1ccccc1C(C)O. The third-order valence-corrected chi connectivity index (χ3v) is 3.09. The Morgan fingerprint density at radius 2 is 1.86 bits per heavy atom. The summed E-state index contributed by atoms with van der Waals surface area (Å²) in [4.78, 5) is 12.4. The Kier molecular flexibility index (Phi) is 4.95.